The van der Waals surface area contributed by atoms with E-state index in [-0.39, 0.29) is 43.3 Å². The second kappa shape index (κ2) is 14.4. The third-order valence-corrected chi connectivity index (χ3v) is 5.47. The van der Waals surface area contributed by atoms with E-state index in [0.717, 1.165) is 48.2 Å². The van der Waals surface area contributed by atoms with Gasteiger partial charge in [-0.25, -0.2) is 4.99 Å². The number of rotatable bonds is 8. The van der Waals surface area contributed by atoms with E-state index in [0.29, 0.717) is 5.84 Å². The summed E-state index contributed by atoms with van der Waals surface area (Å²) >= 11 is 5.94. The Morgan fingerprint density at radius 1 is 0.794 bits per heavy atom. The van der Waals surface area contributed by atoms with E-state index >= 15 is 0 Å². The molecular formula is C25H30Cl4N4O. The second-order valence-electron chi connectivity index (χ2n) is 7.75. The first-order chi connectivity index (χ1) is 15.1. The zero-order valence-corrected chi connectivity index (χ0v) is 22.0. The van der Waals surface area contributed by atoms with Gasteiger partial charge in [-0.15, -0.1) is 37.2 Å². The number of aliphatic imine (C=N–C) groups is 1. The van der Waals surface area contributed by atoms with Crippen molar-refractivity contribution in [1.29, 1.82) is 0 Å². The predicted octanol–water partition coefficient (Wildman–Crippen LogP) is 5.95. The first-order valence-corrected chi connectivity index (χ1v) is 10.8. The van der Waals surface area contributed by atoms with Gasteiger partial charge in [0.15, 0.2) is 6.10 Å². The SMILES string of the molecule is CC1Oc2ccc(CNCc3cccc(CNCc4ccc(Cl)cc4)c3)cc2N=C1N.Cl.Cl.Cl. The Morgan fingerprint density at radius 3 is 1.94 bits per heavy atom. The Bertz CT molecular complexity index is 1080. The van der Waals surface area contributed by atoms with Crippen molar-refractivity contribution >= 4 is 60.3 Å². The maximum absolute atomic E-state index is 5.94. The number of amidine groups is 1. The second-order valence-corrected chi connectivity index (χ2v) is 8.19. The van der Waals surface area contributed by atoms with Gasteiger partial charge in [-0.2, -0.15) is 0 Å². The van der Waals surface area contributed by atoms with Crippen molar-refractivity contribution in [3.63, 3.8) is 0 Å². The van der Waals surface area contributed by atoms with Crippen LogP contribution in [0.2, 0.25) is 5.02 Å². The average Bonchev–Trinajstić information content (AvgIpc) is 2.76. The monoisotopic (exact) mass is 542 g/mol. The number of nitrogens with two attached hydrogens (primary N) is 1. The summed E-state index contributed by atoms with van der Waals surface area (Å²) in [6, 6.07) is 22.6. The molecule has 0 fully saturated rings. The molecular weight excluding hydrogens is 514 g/mol. The Balaban J connectivity index is 0.00000193. The zero-order valence-electron chi connectivity index (χ0n) is 18.8. The molecule has 1 heterocycles. The number of benzene rings is 3. The van der Waals surface area contributed by atoms with Crippen LogP contribution in [0.15, 0.2) is 71.7 Å². The first kappa shape index (κ1) is 30.0. The van der Waals surface area contributed by atoms with Crippen molar-refractivity contribution in [1.82, 2.24) is 10.6 Å². The zero-order chi connectivity index (χ0) is 21.6. The van der Waals surface area contributed by atoms with E-state index in [1.165, 1.54) is 16.7 Å². The molecule has 0 aromatic heterocycles. The van der Waals surface area contributed by atoms with Crippen LogP contribution in [0.3, 0.4) is 0 Å². The van der Waals surface area contributed by atoms with Gasteiger partial charge in [-0.3, -0.25) is 0 Å². The number of hydrogen-bond donors (Lipinski definition) is 3. The van der Waals surface area contributed by atoms with E-state index < -0.39 is 0 Å². The van der Waals surface area contributed by atoms with Crippen molar-refractivity contribution < 1.29 is 4.74 Å². The first-order valence-electron chi connectivity index (χ1n) is 10.4. The van der Waals surface area contributed by atoms with Crippen LogP contribution in [-0.4, -0.2) is 11.9 Å². The molecule has 1 aliphatic rings. The molecule has 4 rings (SSSR count). The molecule has 0 saturated heterocycles. The van der Waals surface area contributed by atoms with Crippen LogP contribution in [0, 0.1) is 0 Å². The molecule has 184 valence electrons. The number of hydrogen-bond acceptors (Lipinski definition) is 5. The lowest BCUT2D eigenvalue weighted by Gasteiger charge is -2.21. The lowest BCUT2D eigenvalue weighted by Crippen LogP contribution is -2.33. The van der Waals surface area contributed by atoms with Crippen LogP contribution < -0.4 is 21.1 Å². The van der Waals surface area contributed by atoms with Gasteiger partial charge in [-0.05, 0) is 53.4 Å². The highest BCUT2D eigenvalue weighted by Gasteiger charge is 2.18. The summed E-state index contributed by atoms with van der Waals surface area (Å²) in [7, 11) is 0. The van der Waals surface area contributed by atoms with E-state index in [9.17, 15) is 0 Å². The molecule has 3 aromatic carbocycles. The predicted molar refractivity (Wildman–Crippen MR) is 149 cm³/mol. The van der Waals surface area contributed by atoms with Crippen LogP contribution in [0.25, 0.3) is 0 Å². The molecule has 9 heteroatoms. The van der Waals surface area contributed by atoms with Crippen LogP contribution >= 0.6 is 48.8 Å². The van der Waals surface area contributed by atoms with Gasteiger partial charge in [0, 0.05) is 31.2 Å². The quantitative estimate of drug-likeness (QED) is 0.328. The van der Waals surface area contributed by atoms with E-state index in [1.54, 1.807) is 0 Å². The number of ether oxygens (including phenoxy) is 1. The van der Waals surface area contributed by atoms with Crippen molar-refractivity contribution in [3.8, 4) is 5.75 Å². The molecule has 0 radical (unpaired) electrons. The lowest BCUT2D eigenvalue weighted by atomic mass is 10.1. The summed E-state index contributed by atoms with van der Waals surface area (Å²) in [6.07, 6.45) is -0.176. The molecule has 0 amide bonds. The summed E-state index contributed by atoms with van der Waals surface area (Å²) in [4.78, 5) is 4.45. The number of fused-ring (bicyclic) bond motifs is 1. The van der Waals surface area contributed by atoms with Gasteiger partial charge in [-0.1, -0.05) is 54.1 Å². The van der Waals surface area contributed by atoms with Crippen molar-refractivity contribution in [2.45, 2.75) is 39.2 Å². The maximum Gasteiger partial charge on any atom is 0.153 e. The normalized spacial score (nSPS) is 13.8. The summed E-state index contributed by atoms with van der Waals surface area (Å²) in [5, 5.41) is 7.75. The number of nitrogens with one attached hydrogen (secondary N) is 2. The molecule has 1 aliphatic heterocycles. The molecule has 5 nitrogen and oxygen atoms in total. The fourth-order valence-electron chi connectivity index (χ4n) is 3.49. The number of nitrogens with zero attached hydrogens (tertiary/aromatic N) is 1. The Kier molecular flexibility index (Phi) is 12.7. The summed E-state index contributed by atoms with van der Waals surface area (Å²) in [5.74, 6) is 1.29. The highest BCUT2D eigenvalue weighted by Crippen LogP contribution is 2.32. The fraction of sp³-hybridized carbons (Fsp3) is 0.240. The molecule has 4 N–H and O–H groups in total. The standard InChI is InChI=1S/C25H27ClN4O.3ClH/c1-17-25(27)30-23-12-21(7-10-24(23)31-17)16-29-15-20-4-2-3-19(11-20)14-28-13-18-5-8-22(26)9-6-18;;;/h2-12,17,28-29H,13-16H2,1H3,(H2,27,30);3*1H. The average molecular weight is 544 g/mol. The molecule has 34 heavy (non-hydrogen) atoms. The molecule has 1 atom stereocenters. The van der Waals surface area contributed by atoms with Crippen molar-refractivity contribution in [3.05, 3.63) is 94.0 Å². The topological polar surface area (TPSA) is 71.7 Å². The molecule has 0 saturated carbocycles. The summed E-state index contributed by atoms with van der Waals surface area (Å²) in [6.45, 7) is 5.07. The Labute approximate surface area is 224 Å². The van der Waals surface area contributed by atoms with Gasteiger partial charge in [0.2, 0.25) is 0 Å². The fourth-order valence-corrected chi connectivity index (χ4v) is 3.62. The van der Waals surface area contributed by atoms with Gasteiger partial charge in [0.05, 0.1) is 0 Å². The molecule has 1 unspecified atom stereocenters. The molecule has 3 aromatic rings. The van der Waals surface area contributed by atoms with E-state index in [4.69, 9.17) is 22.1 Å². The molecule has 0 aliphatic carbocycles. The summed E-state index contributed by atoms with van der Waals surface area (Å²) in [5.41, 5.74) is 11.6. The highest BCUT2D eigenvalue weighted by molar-refractivity contribution is 6.30. The number of halogens is 4. The van der Waals surface area contributed by atoms with Crippen LogP contribution in [0.1, 0.15) is 29.2 Å². The minimum Gasteiger partial charge on any atom is -0.481 e. The largest absolute Gasteiger partial charge is 0.481 e. The van der Waals surface area contributed by atoms with Gasteiger partial charge in [0.1, 0.15) is 17.3 Å². The molecule has 0 spiro atoms. The van der Waals surface area contributed by atoms with Gasteiger partial charge in [0.25, 0.3) is 0 Å². The minimum atomic E-state index is -0.176. The van der Waals surface area contributed by atoms with E-state index in [2.05, 4.69) is 46.0 Å². The highest BCUT2D eigenvalue weighted by atomic mass is 35.5. The smallest absolute Gasteiger partial charge is 0.153 e. The van der Waals surface area contributed by atoms with Crippen LogP contribution in [0.4, 0.5) is 5.69 Å². The van der Waals surface area contributed by atoms with Gasteiger partial charge < -0.3 is 21.1 Å². The van der Waals surface area contributed by atoms with Crippen LogP contribution in [0.5, 0.6) is 5.75 Å². The molecule has 0 bridgehead atoms. The summed E-state index contributed by atoms with van der Waals surface area (Å²) < 4.78 is 5.76. The van der Waals surface area contributed by atoms with Crippen molar-refractivity contribution in [2.75, 3.05) is 0 Å². The van der Waals surface area contributed by atoms with Gasteiger partial charge >= 0.3 is 0 Å². The Morgan fingerprint density at radius 2 is 1.32 bits per heavy atom. The van der Waals surface area contributed by atoms with Crippen molar-refractivity contribution in [2.24, 2.45) is 10.7 Å². The third kappa shape index (κ3) is 8.35. The maximum atomic E-state index is 5.94. The Hall–Kier alpha value is -1.99. The third-order valence-electron chi connectivity index (χ3n) is 5.21. The van der Waals surface area contributed by atoms with E-state index in [1.807, 2.05) is 43.3 Å². The lowest BCUT2D eigenvalue weighted by molar-refractivity contribution is 0.281. The minimum absolute atomic E-state index is 0. The van der Waals surface area contributed by atoms with Crippen LogP contribution in [-0.2, 0) is 26.2 Å².